The normalized spacial score (nSPS) is 14.1. The Labute approximate surface area is 744 Å². The monoisotopic (exact) mass is 1630 g/mol. The van der Waals surface area contributed by atoms with Gasteiger partial charge >= 0.3 is 0 Å². The highest BCUT2D eigenvalue weighted by Gasteiger charge is 2.49. The molecule has 0 N–H and O–H groups in total. The minimum Gasteiger partial charge on any atom is -0.458 e. The van der Waals surface area contributed by atoms with Crippen LogP contribution >= 0.6 is 0 Å². The van der Waals surface area contributed by atoms with E-state index in [0.717, 1.165) is 129 Å². The standard InChI is InChI=1S/C118H130B2N2O2/c1-109(2,3)81-48-75(49-82(62-81)110(4,5)6)73-44-46-94-102(58-73)123-104-60-79(77-52-85(113(13,14)15)64-86(53-77)114(16,17)18)56-100-106(104)119(94)96-69-97-99(70-98(96)121(100)91-67-89(117(25,26)27)66-90(68-91)118(28,29)30)122(108-92(71-38-33-31-34-39-71)42-37-43-93(108)72-40-35-32-36-41-72)101-57-80(78-54-87(115(19,20)21)65-88(55-78)116(22,23)24)61-105-107(101)120(97)95-47-45-74(59-103(95)124-105)76-50-83(111(7,8)9)63-84(51-76)112(10,11)12/h31-70H,1-30H3. The van der Waals surface area contributed by atoms with Gasteiger partial charge in [0.25, 0.3) is 13.4 Å². The van der Waals surface area contributed by atoms with E-state index in [0.29, 0.717) is 0 Å². The van der Waals surface area contributed by atoms with Gasteiger partial charge in [-0.05, 0) is 253 Å². The molecule has 0 saturated carbocycles. The van der Waals surface area contributed by atoms with Gasteiger partial charge in [0.1, 0.15) is 23.0 Å². The van der Waals surface area contributed by atoms with Crippen molar-refractivity contribution in [2.75, 3.05) is 9.80 Å². The third kappa shape index (κ3) is 15.7. The number of nitrogens with zero attached hydrogens (tertiary/aromatic N) is 2. The van der Waals surface area contributed by atoms with Crippen molar-refractivity contribution in [1.29, 1.82) is 0 Å². The Hall–Kier alpha value is -10.8. The molecule has 630 valence electrons. The minimum atomic E-state index is -0.330. The Morgan fingerprint density at radius 1 is 0.194 bits per heavy atom. The number of benzene rings is 13. The van der Waals surface area contributed by atoms with E-state index in [1.165, 1.54) is 83.3 Å². The second kappa shape index (κ2) is 29.4. The molecular formula is C118H130B2N2O2. The number of para-hydroxylation sites is 1. The maximum atomic E-state index is 8.04. The number of ether oxygens (including phenoxy) is 2. The first-order chi connectivity index (χ1) is 57.7. The summed E-state index contributed by atoms with van der Waals surface area (Å²) in [7, 11) is 0. The summed E-state index contributed by atoms with van der Waals surface area (Å²) in [5, 5.41) is 0. The summed E-state index contributed by atoms with van der Waals surface area (Å²) in [5.41, 5.74) is 38.7. The highest BCUT2D eigenvalue weighted by atomic mass is 16.5. The summed E-state index contributed by atoms with van der Waals surface area (Å²) in [6.45, 7) is 70.0. The van der Waals surface area contributed by atoms with Crippen molar-refractivity contribution in [2.45, 2.75) is 262 Å². The molecule has 4 nitrogen and oxygen atoms in total. The molecule has 13 aromatic rings. The molecule has 4 aliphatic heterocycles. The molecule has 0 atom stereocenters. The van der Waals surface area contributed by atoms with Crippen LogP contribution in [0, 0.1) is 0 Å². The molecule has 0 aromatic heterocycles. The second-order valence-corrected chi connectivity index (χ2v) is 46.9. The molecule has 0 spiro atoms. The Morgan fingerprint density at radius 2 is 0.460 bits per heavy atom. The van der Waals surface area contributed by atoms with E-state index >= 15 is 0 Å². The zero-order valence-corrected chi connectivity index (χ0v) is 80.0. The SMILES string of the molecule is CC(C)(C)c1cc(-c2ccc3c(c2)Oc2cc(-c4cc(C(C)(C)C)cc(C(C)(C)C)c4)cc4c2B3c2cc3c(cc2N4c2cc(C(C)(C)C)cc(C(C)(C)C)c2)N(c2c(-c4ccccc4)cccc2-c2ccccc2)c2cc(-c4cc(C(C)(C)C)cc(C(C)(C)C)c4)cc4c2B3c2ccc(-c3cc(C(C)(C)C)cc(C(C)(C)C)c3)cc2O4)cc(C(C)(C)C)c1. The van der Waals surface area contributed by atoms with Crippen molar-refractivity contribution in [3.8, 4) is 89.8 Å². The number of hydrogen-bond donors (Lipinski definition) is 0. The van der Waals surface area contributed by atoms with Crippen LogP contribution in [0.2, 0.25) is 0 Å². The summed E-state index contributed by atoms with van der Waals surface area (Å²) >= 11 is 0. The number of anilines is 6. The van der Waals surface area contributed by atoms with Crippen LogP contribution in [0.1, 0.15) is 263 Å². The predicted octanol–water partition coefficient (Wildman–Crippen LogP) is 29.5. The van der Waals surface area contributed by atoms with Crippen LogP contribution in [0.3, 0.4) is 0 Å². The van der Waals surface area contributed by atoms with Crippen LogP contribution in [-0.4, -0.2) is 13.4 Å². The Morgan fingerprint density at radius 3 is 0.766 bits per heavy atom. The largest absolute Gasteiger partial charge is 0.458 e. The summed E-state index contributed by atoms with van der Waals surface area (Å²) in [6, 6.07) is 95.9. The van der Waals surface area contributed by atoms with Gasteiger partial charge in [-0.25, -0.2) is 0 Å². The fourth-order valence-electron chi connectivity index (χ4n) is 18.9. The lowest BCUT2D eigenvalue weighted by Crippen LogP contribution is -2.63. The predicted molar refractivity (Wildman–Crippen MR) is 538 cm³/mol. The molecule has 4 aliphatic rings. The van der Waals surface area contributed by atoms with Crippen molar-refractivity contribution >= 4 is 80.3 Å². The van der Waals surface area contributed by atoms with Gasteiger partial charge in [0, 0.05) is 39.6 Å². The van der Waals surface area contributed by atoms with Crippen molar-refractivity contribution in [3.05, 3.63) is 298 Å². The fraction of sp³-hybridized carbons (Fsp3) is 0.339. The maximum Gasteiger partial charge on any atom is 0.256 e. The third-order valence-electron chi connectivity index (χ3n) is 27.0. The average molecular weight is 1630 g/mol. The molecule has 0 unspecified atom stereocenters. The number of rotatable bonds is 8. The lowest BCUT2D eigenvalue weighted by atomic mass is 9.30. The van der Waals surface area contributed by atoms with Gasteiger partial charge in [-0.3, -0.25) is 0 Å². The maximum absolute atomic E-state index is 8.04. The van der Waals surface area contributed by atoms with Crippen LogP contribution in [0.15, 0.2) is 243 Å². The van der Waals surface area contributed by atoms with Crippen LogP contribution in [-0.2, 0) is 54.1 Å². The first-order valence-electron chi connectivity index (χ1n) is 45.6. The molecule has 0 saturated heterocycles. The smallest absolute Gasteiger partial charge is 0.256 e. The topological polar surface area (TPSA) is 24.9 Å². The Bertz CT molecular complexity index is 6240. The van der Waals surface area contributed by atoms with E-state index in [2.05, 4.69) is 460 Å². The molecular weight excluding hydrogens is 1500 g/mol. The molecule has 0 amide bonds. The van der Waals surface area contributed by atoms with E-state index in [9.17, 15) is 0 Å². The van der Waals surface area contributed by atoms with E-state index in [4.69, 9.17) is 9.47 Å². The molecule has 6 heteroatoms. The number of hydrogen-bond acceptors (Lipinski definition) is 4. The highest BCUT2D eigenvalue weighted by molar-refractivity contribution is 7.02. The van der Waals surface area contributed by atoms with Gasteiger partial charge in [0.05, 0.1) is 5.69 Å². The quantitative estimate of drug-likeness (QED) is 0.142. The van der Waals surface area contributed by atoms with E-state index < -0.39 is 0 Å². The van der Waals surface area contributed by atoms with Gasteiger partial charge in [-0.2, -0.15) is 0 Å². The summed E-state index contributed by atoms with van der Waals surface area (Å²) < 4.78 is 16.0. The highest BCUT2D eigenvalue weighted by Crippen LogP contribution is 2.55. The Kier molecular flexibility index (Phi) is 20.2. The van der Waals surface area contributed by atoms with E-state index in [-0.39, 0.29) is 67.6 Å². The lowest BCUT2D eigenvalue weighted by Gasteiger charge is -2.45. The molecule has 17 rings (SSSR count). The van der Waals surface area contributed by atoms with Crippen LogP contribution in [0.4, 0.5) is 34.1 Å². The molecule has 0 radical (unpaired) electrons. The average Bonchev–Trinajstić information content (AvgIpc) is 0.683. The molecule has 4 heterocycles. The van der Waals surface area contributed by atoms with E-state index in [1.54, 1.807) is 0 Å². The summed E-state index contributed by atoms with van der Waals surface area (Å²) in [6.07, 6.45) is 0. The third-order valence-corrected chi connectivity index (χ3v) is 27.0. The van der Waals surface area contributed by atoms with Crippen LogP contribution in [0.25, 0.3) is 66.8 Å². The molecule has 0 fully saturated rings. The van der Waals surface area contributed by atoms with Crippen LogP contribution in [0.5, 0.6) is 23.0 Å². The Balaban J connectivity index is 1.06. The molecule has 13 aromatic carbocycles. The molecule has 124 heavy (non-hydrogen) atoms. The second-order valence-electron chi connectivity index (χ2n) is 46.9. The van der Waals surface area contributed by atoms with E-state index in [1.807, 2.05) is 0 Å². The van der Waals surface area contributed by atoms with Gasteiger partial charge < -0.3 is 19.3 Å². The zero-order chi connectivity index (χ0) is 88.9. The van der Waals surface area contributed by atoms with Gasteiger partial charge in [0.2, 0.25) is 0 Å². The summed E-state index contributed by atoms with van der Waals surface area (Å²) in [4.78, 5) is 5.40. The first-order valence-corrected chi connectivity index (χ1v) is 45.6. The zero-order valence-electron chi connectivity index (χ0n) is 80.0. The van der Waals surface area contributed by atoms with Crippen molar-refractivity contribution in [1.82, 2.24) is 0 Å². The number of fused-ring (bicyclic) bond motifs is 8. The summed E-state index contributed by atoms with van der Waals surface area (Å²) in [5.74, 6) is 3.43. The fourth-order valence-corrected chi connectivity index (χ4v) is 18.9. The first kappa shape index (κ1) is 85.4. The molecule has 0 bridgehead atoms. The van der Waals surface area contributed by atoms with Crippen molar-refractivity contribution in [3.63, 3.8) is 0 Å². The van der Waals surface area contributed by atoms with Gasteiger partial charge in [-0.1, -0.05) is 396 Å². The van der Waals surface area contributed by atoms with Gasteiger partial charge in [0.15, 0.2) is 0 Å². The van der Waals surface area contributed by atoms with Crippen molar-refractivity contribution < 1.29 is 9.47 Å². The lowest BCUT2D eigenvalue weighted by molar-refractivity contribution is 0.487. The van der Waals surface area contributed by atoms with Crippen LogP contribution < -0.4 is 52.1 Å². The van der Waals surface area contributed by atoms with Gasteiger partial charge in [-0.15, -0.1) is 0 Å². The van der Waals surface area contributed by atoms with Crippen molar-refractivity contribution in [2.24, 2.45) is 0 Å². The minimum absolute atomic E-state index is 0.0952. The molecule has 0 aliphatic carbocycles.